The van der Waals surface area contributed by atoms with Crippen molar-refractivity contribution in [3.05, 3.63) is 23.7 Å². The van der Waals surface area contributed by atoms with Gasteiger partial charge in [-0.1, -0.05) is 13.8 Å². The van der Waals surface area contributed by atoms with Crippen molar-refractivity contribution in [1.29, 1.82) is 0 Å². The van der Waals surface area contributed by atoms with Gasteiger partial charge in [0.05, 0.1) is 19.3 Å². The molecule has 30 heavy (non-hydrogen) atoms. The molecule has 1 aromatic heterocycles. The summed E-state index contributed by atoms with van der Waals surface area (Å²) in [6.45, 7) is 11.3. The van der Waals surface area contributed by atoms with Crippen LogP contribution in [-0.2, 0) is 9.53 Å². The van der Waals surface area contributed by atoms with Gasteiger partial charge in [-0.2, -0.15) is 0 Å². The SMILES string of the molecule is CN=C(NCC(c1ccc(C)o1)N1CCOCC1)NC1CCN(C(=O)C(C)C)C1.I. The zero-order valence-electron chi connectivity index (χ0n) is 18.5. The van der Waals surface area contributed by atoms with E-state index in [-0.39, 0.29) is 47.9 Å². The number of ether oxygens (including phenoxy) is 1. The largest absolute Gasteiger partial charge is 0.465 e. The van der Waals surface area contributed by atoms with Crippen LogP contribution in [0.3, 0.4) is 0 Å². The Balaban J connectivity index is 0.00000320. The fourth-order valence-electron chi connectivity index (χ4n) is 3.96. The van der Waals surface area contributed by atoms with E-state index in [1.807, 2.05) is 31.7 Å². The number of aryl methyl sites for hydroxylation is 1. The Labute approximate surface area is 196 Å². The van der Waals surface area contributed by atoms with E-state index in [0.29, 0.717) is 6.54 Å². The van der Waals surface area contributed by atoms with Crippen molar-refractivity contribution in [2.24, 2.45) is 10.9 Å². The average molecular weight is 533 g/mol. The van der Waals surface area contributed by atoms with Crippen LogP contribution in [0.4, 0.5) is 0 Å². The minimum absolute atomic E-state index is 0. The van der Waals surface area contributed by atoms with Crippen LogP contribution in [-0.4, -0.2) is 80.7 Å². The third-order valence-corrected chi connectivity index (χ3v) is 5.60. The van der Waals surface area contributed by atoms with Crippen molar-refractivity contribution in [3.8, 4) is 0 Å². The van der Waals surface area contributed by atoms with Crippen molar-refractivity contribution in [1.82, 2.24) is 20.4 Å². The molecule has 2 aliphatic rings. The quantitative estimate of drug-likeness (QED) is 0.331. The fraction of sp³-hybridized carbons (Fsp3) is 0.714. The van der Waals surface area contributed by atoms with Gasteiger partial charge in [0.15, 0.2) is 5.96 Å². The van der Waals surface area contributed by atoms with Crippen LogP contribution in [0.1, 0.15) is 37.8 Å². The number of carbonyl (C=O) groups is 1. The number of halogens is 1. The lowest BCUT2D eigenvalue weighted by molar-refractivity contribution is -0.133. The lowest BCUT2D eigenvalue weighted by Crippen LogP contribution is -2.49. The number of amides is 1. The summed E-state index contributed by atoms with van der Waals surface area (Å²) in [5, 5.41) is 6.94. The lowest BCUT2D eigenvalue weighted by Gasteiger charge is -2.33. The van der Waals surface area contributed by atoms with Gasteiger partial charge in [0.1, 0.15) is 11.5 Å². The van der Waals surface area contributed by atoms with Gasteiger partial charge in [-0.3, -0.25) is 14.7 Å². The van der Waals surface area contributed by atoms with Gasteiger partial charge in [-0.15, -0.1) is 24.0 Å². The normalized spacial score (nSPS) is 21.4. The Hall–Kier alpha value is -1.33. The molecule has 0 radical (unpaired) electrons. The Morgan fingerprint density at radius 1 is 1.27 bits per heavy atom. The monoisotopic (exact) mass is 533 g/mol. The van der Waals surface area contributed by atoms with E-state index in [9.17, 15) is 4.79 Å². The van der Waals surface area contributed by atoms with Crippen molar-refractivity contribution < 1.29 is 13.9 Å². The van der Waals surface area contributed by atoms with E-state index in [2.05, 4.69) is 26.6 Å². The fourth-order valence-corrected chi connectivity index (χ4v) is 3.96. The molecule has 1 aromatic rings. The first-order valence-electron chi connectivity index (χ1n) is 10.6. The number of aliphatic imine (C=N–C) groups is 1. The Morgan fingerprint density at radius 2 is 2.00 bits per heavy atom. The number of hydrogen-bond acceptors (Lipinski definition) is 5. The highest BCUT2D eigenvalue weighted by Crippen LogP contribution is 2.23. The zero-order chi connectivity index (χ0) is 20.8. The number of furan rings is 1. The second-order valence-electron chi connectivity index (χ2n) is 8.13. The summed E-state index contributed by atoms with van der Waals surface area (Å²) in [7, 11) is 1.78. The van der Waals surface area contributed by atoms with E-state index in [1.165, 1.54) is 0 Å². The van der Waals surface area contributed by atoms with Crippen LogP contribution >= 0.6 is 24.0 Å². The van der Waals surface area contributed by atoms with E-state index in [4.69, 9.17) is 9.15 Å². The van der Waals surface area contributed by atoms with E-state index < -0.39 is 0 Å². The maximum Gasteiger partial charge on any atom is 0.225 e. The molecular weight excluding hydrogens is 497 g/mol. The van der Waals surface area contributed by atoms with Gasteiger partial charge in [0, 0.05) is 51.7 Å². The van der Waals surface area contributed by atoms with Gasteiger partial charge >= 0.3 is 0 Å². The van der Waals surface area contributed by atoms with Crippen molar-refractivity contribution >= 4 is 35.8 Å². The highest BCUT2D eigenvalue weighted by Gasteiger charge is 2.29. The molecule has 0 spiro atoms. The first kappa shape index (κ1) is 24.9. The number of guanidine groups is 1. The number of carbonyl (C=O) groups excluding carboxylic acids is 1. The molecule has 170 valence electrons. The van der Waals surface area contributed by atoms with E-state index in [1.54, 1.807) is 7.05 Å². The summed E-state index contributed by atoms with van der Waals surface area (Å²) >= 11 is 0. The second kappa shape index (κ2) is 11.9. The first-order chi connectivity index (χ1) is 14.0. The summed E-state index contributed by atoms with van der Waals surface area (Å²) in [6, 6.07) is 4.40. The van der Waals surface area contributed by atoms with Crippen molar-refractivity contribution in [3.63, 3.8) is 0 Å². The van der Waals surface area contributed by atoms with E-state index >= 15 is 0 Å². The second-order valence-corrected chi connectivity index (χ2v) is 8.13. The van der Waals surface area contributed by atoms with Crippen LogP contribution in [0.2, 0.25) is 0 Å². The van der Waals surface area contributed by atoms with Crippen LogP contribution in [0.5, 0.6) is 0 Å². The number of nitrogens with zero attached hydrogens (tertiary/aromatic N) is 3. The van der Waals surface area contributed by atoms with Gasteiger partial charge in [0.25, 0.3) is 0 Å². The van der Waals surface area contributed by atoms with Gasteiger partial charge in [-0.25, -0.2) is 0 Å². The van der Waals surface area contributed by atoms with Crippen LogP contribution < -0.4 is 10.6 Å². The summed E-state index contributed by atoms with van der Waals surface area (Å²) < 4.78 is 11.4. The van der Waals surface area contributed by atoms with Crippen molar-refractivity contribution in [2.45, 2.75) is 39.3 Å². The third kappa shape index (κ3) is 6.58. The van der Waals surface area contributed by atoms with Crippen LogP contribution in [0.25, 0.3) is 0 Å². The molecule has 0 saturated carbocycles. The molecule has 2 unspecified atom stereocenters. The first-order valence-corrected chi connectivity index (χ1v) is 10.6. The van der Waals surface area contributed by atoms with Crippen molar-refractivity contribution in [2.75, 3.05) is 53.0 Å². The molecule has 2 fully saturated rings. The standard InChI is InChI=1S/C21H35N5O3.HI/c1-15(2)20(27)26-8-7-17(14-26)24-21(22-4)23-13-18(19-6-5-16(3)29-19)25-9-11-28-12-10-25;/h5-6,15,17-18H,7-14H2,1-4H3,(H2,22,23,24);1H. The average Bonchev–Trinajstić information content (AvgIpc) is 3.36. The molecule has 2 saturated heterocycles. The molecule has 0 aromatic carbocycles. The smallest absolute Gasteiger partial charge is 0.225 e. The van der Waals surface area contributed by atoms with Crippen LogP contribution in [0.15, 0.2) is 21.5 Å². The number of nitrogens with one attached hydrogen (secondary N) is 2. The highest BCUT2D eigenvalue weighted by atomic mass is 127. The maximum atomic E-state index is 12.2. The predicted octanol–water partition coefficient (Wildman–Crippen LogP) is 2.00. The molecule has 0 aliphatic carbocycles. The highest BCUT2D eigenvalue weighted by molar-refractivity contribution is 14.0. The maximum absolute atomic E-state index is 12.2. The molecular formula is C21H36IN5O3. The molecule has 2 atom stereocenters. The van der Waals surface area contributed by atoms with Crippen LogP contribution in [0, 0.1) is 12.8 Å². The van der Waals surface area contributed by atoms with Gasteiger partial charge < -0.3 is 24.7 Å². The molecule has 9 heteroatoms. The minimum atomic E-state index is 0. The number of rotatable bonds is 6. The molecule has 1 amide bonds. The summed E-state index contributed by atoms with van der Waals surface area (Å²) in [5.41, 5.74) is 0. The molecule has 8 nitrogen and oxygen atoms in total. The zero-order valence-corrected chi connectivity index (χ0v) is 20.8. The number of morpholine rings is 1. The molecule has 2 aliphatic heterocycles. The van der Waals surface area contributed by atoms with Gasteiger partial charge in [-0.05, 0) is 25.5 Å². The Kier molecular flexibility index (Phi) is 9.89. The third-order valence-electron chi connectivity index (χ3n) is 5.60. The van der Waals surface area contributed by atoms with E-state index in [0.717, 1.165) is 63.3 Å². The summed E-state index contributed by atoms with van der Waals surface area (Å²) in [4.78, 5) is 20.9. The Morgan fingerprint density at radius 3 is 2.60 bits per heavy atom. The number of hydrogen-bond donors (Lipinski definition) is 2. The minimum Gasteiger partial charge on any atom is -0.465 e. The van der Waals surface area contributed by atoms with Gasteiger partial charge in [0.2, 0.25) is 5.91 Å². The molecule has 2 N–H and O–H groups in total. The predicted molar refractivity (Wildman–Crippen MR) is 128 cm³/mol. The molecule has 0 bridgehead atoms. The topological polar surface area (TPSA) is 82.3 Å². The Bertz CT molecular complexity index is 703. The molecule has 3 heterocycles. The molecule has 3 rings (SSSR count). The number of likely N-dealkylation sites (tertiary alicyclic amines) is 1. The summed E-state index contributed by atoms with van der Waals surface area (Å²) in [5.74, 6) is 2.90. The summed E-state index contributed by atoms with van der Waals surface area (Å²) in [6.07, 6.45) is 0.934. The lowest BCUT2D eigenvalue weighted by atomic mass is 10.1.